The Morgan fingerprint density at radius 3 is 2.31 bits per heavy atom. The number of hydrogen-bond acceptors (Lipinski definition) is 7. The van der Waals surface area contributed by atoms with Crippen molar-refractivity contribution in [3.63, 3.8) is 0 Å². The van der Waals surface area contributed by atoms with Crippen LogP contribution in [-0.2, 0) is 10.0 Å². The van der Waals surface area contributed by atoms with E-state index in [-0.39, 0.29) is 16.0 Å². The van der Waals surface area contributed by atoms with E-state index in [1.54, 1.807) is 30.5 Å². The maximum atomic E-state index is 13.2. The number of aryl methyl sites for hydroxylation is 1. The molecule has 2 aromatic heterocycles. The van der Waals surface area contributed by atoms with E-state index in [1.807, 2.05) is 6.07 Å². The van der Waals surface area contributed by atoms with E-state index in [1.165, 1.54) is 24.0 Å². The molecule has 2 N–H and O–H groups in total. The molecule has 0 bridgehead atoms. The van der Waals surface area contributed by atoms with Crippen LogP contribution >= 0.6 is 0 Å². The highest BCUT2D eigenvalue weighted by Crippen LogP contribution is 2.30. The van der Waals surface area contributed by atoms with E-state index in [0.717, 1.165) is 46.8 Å². The molecule has 0 atom stereocenters. The average Bonchev–Trinajstić information content (AvgIpc) is 3.25. The Morgan fingerprint density at radius 2 is 1.66 bits per heavy atom. The maximum absolute atomic E-state index is 13.2. The minimum atomic E-state index is -3.96. The van der Waals surface area contributed by atoms with E-state index in [4.69, 9.17) is 0 Å². The fourth-order valence-electron chi connectivity index (χ4n) is 4.59. The van der Waals surface area contributed by atoms with Crippen LogP contribution in [0.5, 0.6) is 0 Å². The third-order valence-electron chi connectivity index (χ3n) is 6.60. The SMILES string of the molecule is Cc1cc(-c2cnc3c(c2)c(B(O)O)cn3S(=O)(=O)c2ccccc2)ccc1N1CCN(C)CC1. The molecule has 0 aliphatic carbocycles. The van der Waals surface area contributed by atoms with Crippen LogP contribution in [0.2, 0.25) is 0 Å². The first-order valence-corrected chi connectivity index (χ1v) is 12.9. The summed E-state index contributed by atoms with van der Waals surface area (Å²) >= 11 is 0. The molecule has 0 radical (unpaired) electrons. The molecule has 35 heavy (non-hydrogen) atoms. The van der Waals surface area contributed by atoms with Gasteiger partial charge >= 0.3 is 7.12 Å². The lowest BCUT2D eigenvalue weighted by atomic mass is 9.80. The van der Waals surface area contributed by atoms with Crippen molar-refractivity contribution in [2.75, 3.05) is 38.1 Å². The Bertz CT molecular complexity index is 1480. The van der Waals surface area contributed by atoms with Crippen molar-refractivity contribution < 1.29 is 18.5 Å². The van der Waals surface area contributed by atoms with Gasteiger partial charge in [0, 0.05) is 60.7 Å². The van der Waals surface area contributed by atoms with Gasteiger partial charge in [-0.2, -0.15) is 0 Å². The fourth-order valence-corrected chi connectivity index (χ4v) is 5.95. The minimum Gasteiger partial charge on any atom is -0.423 e. The first kappa shape index (κ1) is 23.6. The second-order valence-electron chi connectivity index (χ2n) is 8.96. The number of nitrogens with zero attached hydrogens (tertiary/aromatic N) is 4. The molecule has 10 heteroatoms. The molecule has 3 heterocycles. The second-order valence-corrected chi connectivity index (χ2v) is 10.8. The van der Waals surface area contributed by atoms with Gasteiger partial charge in [0.1, 0.15) is 0 Å². The molecule has 4 aromatic rings. The Labute approximate surface area is 205 Å². The van der Waals surface area contributed by atoms with Gasteiger partial charge in [0.05, 0.1) is 4.90 Å². The molecule has 1 fully saturated rings. The average molecular weight is 490 g/mol. The second kappa shape index (κ2) is 9.12. The maximum Gasteiger partial charge on any atom is 0.490 e. The topological polar surface area (TPSA) is 98.9 Å². The molecule has 2 aromatic carbocycles. The number of fused-ring (bicyclic) bond motifs is 1. The number of rotatable bonds is 5. The zero-order valence-electron chi connectivity index (χ0n) is 19.7. The van der Waals surface area contributed by atoms with Crippen molar-refractivity contribution in [1.82, 2.24) is 13.9 Å². The smallest absolute Gasteiger partial charge is 0.423 e. The summed E-state index contributed by atoms with van der Waals surface area (Å²) in [5.74, 6) is 0. The minimum absolute atomic E-state index is 0.0830. The van der Waals surface area contributed by atoms with Crippen LogP contribution in [0.3, 0.4) is 0 Å². The van der Waals surface area contributed by atoms with E-state index in [9.17, 15) is 18.5 Å². The zero-order chi connectivity index (χ0) is 24.7. The summed E-state index contributed by atoms with van der Waals surface area (Å²) < 4.78 is 27.5. The van der Waals surface area contributed by atoms with Gasteiger partial charge in [0.25, 0.3) is 10.0 Å². The van der Waals surface area contributed by atoms with Crippen LogP contribution in [0.1, 0.15) is 5.56 Å². The molecule has 8 nitrogen and oxygen atoms in total. The Kier molecular flexibility index (Phi) is 6.14. The van der Waals surface area contributed by atoms with E-state index >= 15 is 0 Å². The summed E-state index contributed by atoms with van der Waals surface area (Å²) in [7, 11) is -3.67. The number of piperazine rings is 1. The Hall–Kier alpha value is -3.18. The predicted octanol–water partition coefficient (Wildman–Crippen LogP) is 1.68. The van der Waals surface area contributed by atoms with Gasteiger partial charge in [-0.3, -0.25) is 0 Å². The predicted molar refractivity (Wildman–Crippen MR) is 138 cm³/mol. The molecule has 1 aliphatic heterocycles. The number of pyridine rings is 1. The van der Waals surface area contributed by atoms with Crippen molar-refractivity contribution in [2.45, 2.75) is 11.8 Å². The summed E-state index contributed by atoms with van der Waals surface area (Å²) in [5.41, 5.74) is 4.25. The van der Waals surface area contributed by atoms with E-state index in [2.05, 4.69) is 40.9 Å². The summed E-state index contributed by atoms with van der Waals surface area (Å²) in [6.45, 7) is 6.08. The molecule has 0 spiro atoms. The summed E-state index contributed by atoms with van der Waals surface area (Å²) in [5, 5.41) is 20.3. The van der Waals surface area contributed by atoms with Gasteiger partial charge in [-0.25, -0.2) is 17.4 Å². The zero-order valence-corrected chi connectivity index (χ0v) is 20.5. The lowest BCUT2D eigenvalue weighted by Gasteiger charge is -2.35. The van der Waals surface area contributed by atoms with Crippen LogP contribution in [0.25, 0.3) is 22.2 Å². The van der Waals surface area contributed by atoms with Crippen LogP contribution in [0, 0.1) is 6.92 Å². The molecule has 1 saturated heterocycles. The first-order chi connectivity index (χ1) is 16.8. The molecule has 0 saturated carbocycles. The molecule has 1 aliphatic rings. The lowest BCUT2D eigenvalue weighted by Crippen LogP contribution is -2.44. The van der Waals surface area contributed by atoms with Crippen molar-refractivity contribution in [2.24, 2.45) is 0 Å². The highest BCUT2D eigenvalue weighted by molar-refractivity contribution is 7.90. The molecule has 0 unspecified atom stereocenters. The highest BCUT2D eigenvalue weighted by atomic mass is 32.2. The molecule has 0 amide bonds. The number of aromatic nitrogens is 2. The standard InChI is InChI=1S/C25H27BN4O4S/c1-18-14-19(8-9-24(18)29-12-10-28(2)11-13-29)20-15-22-23(26(31)32)17-30(25(22)27-16-20)35(33,34)21-6-4-3-5-7-21/h3-9,14-17,31-32H,10-13H2,1-2H3. The first-order valence-electron chi connectivity index (χ1n) is 11.5. The third-order valence-corrected chi connectivity index (χ3v) is 8.26. The Morgan fingerprint density at radius 1 is 0.943 bits per heavy atom. The van der Waals surface area contributed by atoms with Gasteiger partial charge in [-0.05, 0) is 55.4 Å². The van der Waals surface area contributed by atoms with Gasteiger partial charge in [0.15, 0.2) is 5.65 Å². The number of likely N-dealkylation sites (N-methyl/N-ethyl adjacent to an activating group) is 1. The number of hydrogen-bond donors (Lipinski definition) is 2. The highest BCUT2D eigenvalue weighted by Gasteiger charge is 2.27. The van der Waals surface area contributed by atoms with Crippen LogP contribution in [0.4, 0.5) is 5.69 Å². The normalized spacial score (nSPS) is 15.0. The van der Waals surface area contributed by atoms with Crippen molar-refractivity contribution in [3.8, 4) is 11.1 Å². The van der Waals surface area contributed by atoms with Crippen LogP contribution in [0.15, 0.2) is 71.9 Å². The van der Waals surface area contributed by atoms with E-state index in [0.29, 0.717) is 5.39 Å². The summed E-state index contributed by atoms with van der Waals surface area (Å²) in [6.07, 6.45) is 2.85. The van der Waals surface area contributed by atoms with Crippen molar-refractivity contribution in [3.05, 3.63) is 72.6 Å². The van der Waals surface area contributed by atoms with E-state index < -0.39 is 17.1 Å². The quantitative estimate of drug-likeness (QED) is 0.411. The summed E-state index contributed by atoms with van der Waals surface area (Å²) in [4.78, 5) is 9.24. The van der Waals surface area contributed by atoms with Crippen LogP contribution < -0.4 is 10.4 Å². The Balaban J connectivity index is 1.56. The van der Waals surface area contributed by atoms with Gasteiger partial charge < -0.3 is 19.8 Å². The number of anilines is 1. The fraction of sp³-hybridized carbons (Fsp3) is 0.240. The summed E-state index contributed by atoms with van der Waals surface area (Å²) in [6, 6.07) is 16.0. The van der Waals surface area contributed by atoms with Crippen molar-refractivity contribution in [1.29, 1.82) is 0 Å². The van der Waals surface area contributed by atoms with Crippen molar-refractivity contribution >= 4 is 39.3 Å². The molecule has 5 rings (SSSR count). The van der Waals surface area contributed by atoms with Crippen LogP contribution in [-0.4, -0.2) is 72.7 Å². The van der Waals surface area contributed by atoms with Gasteiger partial charge in [0.2, 0.25) is 0 Å². The monoisotopic (exact) mass is 490 g/mol. The molecular weight excluding hydrogens is 463 g/mol. The third kappa shape index (κ3) is 4.34. The van der Waals surface area contributed by atoms with Gasteiger partial charge in [-0.15, -0.1) is 0 Å². The molecular formula is C25H27BN4O4S. The molecule has 180 valence electrons. The van der Waals surface area contributed by atoms with Gasteiger partial charge in [-0.1, -0.05) is 24.3 Å². The largest absolute Gasteiger partial charge is 0.490 e. The number of benzene rings is 2. The lowest BCUT2D eigenvalue weighted by molar-refractivity contribution is 0.312.